The molecule has 0 N–H and O–H groups in total. The van der Waals surface area contributed by atoms with E-state index in [0.29, 0.717) is 0 Å². The molecule has 2 aromatic carbocycles. The van der Waals surface area contributed by atoms with E-state index >= 15 is 0 Å². The highest BCUT2D eigenvalue weighted by Crippen LogP contribution is 2.18. The van der Waals surface area contributed by atoms with Crippen LogP contribution in [0.3, 0.4) is 0 Å². The van der Waals surface area contributed by atoms with Crippen molar-refractivity contribution in [2.75, 3.05) is 0 Å². The third-order valence-corrected chi connectivity index (χ3v) is 3.57. The number of halogens is 1. The number of pyridine rings is 1. The number of nitrogens with zero attached hydrogens (tertiary/aromatic N) is 1. The van der Waals surface area contributed by atoms with Gasteiger partial charge in [-0.1, -0.05) is 52.2 Å². The van der Waals surface area contributed by atoms with Gasteiger partial charge in [0.2, 0.25) is 0 Å². The van der Waals surface area contributed by atoms with E-state index in [1.807, 2.05) is 54.6 Å². The fourth-order valence-corrected chi connectivity index (χ4v) is 2.24. The van der Waals surface area contributed by atoms with Gasteiger partial charge in [-0.2, -0.15) is 0 Å². The van der Waals surface area contributed by atoms with Crippen molar-refractivity contribution in [1.29, 1.82) is 0 Å². The predicted molar refractivity (Wildman–Crippen MR) is 89.8 cm³/mol. The summed E-state index contributed by atoms with van der Waals surface area (Å²) < 4.78 is 1.05. The molecule has 1 heterocycles. The Labute approximate surface area is 132 Å². The minimum absolute atomic E-state index is 0.777. The van der Waals surface area contributed by atoms with Crippen molar-refractivity contribution in [3.8, 4) is 23.0 Å². The van der Waals surface area contributed by atoms with Gasteiger partial charge in [0.25, 0.3) is 0 Å². The zero-order chi connectivity index (χ0) is 14.5. The van der Waals surface area contributed by atoms with Crippen LogP contribution in [0, 0.1) is 11.8 Å². The lowest BCUT2D eigenvalue weighted by atomic mass is 10.1. The summed E-state index contributed by atoms with van der Waals surface area (Å²) in [5.74, 6) is 6.25. The van der Waals surface area contributed by atoms with E-state index in [4.69, 9.17) is 0 Å². The zero-order valence-electron chi connectivity index (χ0n) is 11.3. The molecule has 0 unspecified atom stereocenters. The van der Waals surface area contributed by atoms with Crippen LogP contribution >= 0.6 is 15.9 Å². The number of benzene rings is 2. The molecule has 0 aliphatic rings. The van der Waals surface area contributed by atoms with E-state index in [9.17, 15) is 0 Å². The minimum Gasteiger partial charge on any atom is -0.248 e. The number of hydrogen-bond donors (Lipinski definition) is 0. The quantitative estimate of drug-likeness (QED) is 0.576. The molecule has 3 rings (SSSR count). The highest BCUT2D eigenvalue weighted by molar-refractivity contribution is 9.10. The summed E-state index contributed by atoms with van der Waals surface area (Å²) in [6.45, 7) is 0. The second-order valence-corrected chi connectivity index (χ2v) is 5.47. The Morgan fingerprint density at radius 1 is 0.762 bits per heavy atom. The molecule has 2 heteroatoms. The highest BCUT2D eigenvalue weighted by atomic mass is 79.9. The normalized spacial score (nSPS) is 9.76. The van der Waals surface area contributed by atoms with Gasteiger partial charge >= 0.3 is 0 Å². The number of rotatable bonds is 1. The maximum Gasteiger partial charge on any atom is 0.114 e. The fraction of sp³-hybridized carbons (Fsp3) is 0. The first-order valence-electron chi connectivity index (χ1n) is 6.60. The van der Waals surface area contributed by atoms with Crippen molar-refractivity contribution in [3.63, 3.8) is 0 Å². The fourth-order valence-electron chi connectivity index (χ4n) is 1.98. The molecule has 0 spiro atoms. The second kappa shape index (κ2) is 6.39. The van der Waals surface area contributed by atoms with E-state index in [-0.39, 0.29) is 0 Å². The molecule has 0 fully saturated rings. The molecular formula is C19H12BrN. The molecule has 0 bridgehead atoms. The average molecular weight is 334 g/mol. The van der Waals surface area contributed by atoms with Gasteiger partial charge in [-0.25, -0.2) is 4.98 Å². The van der Waals surface area contributed by atoms with Crippen LogP contribution in [0.2, 0.25) is 0 Å². The molecule has 21 heavy (non-hydrogen) atoms. The SMILES string of the molecule is Brc1ccc(C#Cc2cc(-c3ccccc3)ccn2)cc1. The third-order valence-electron chi connectivity index (χ3n) is 3.05. The lowest BCUT2D eigenvalue weighted by molar-refractivity contribution is 1.29. The number of aromatic nitrogens is 1. The van der Waals surface area contributed by atoms with Crippen LogP contribution in [0.5, 0.6) is 0 Å². The van der Waals surface area contributed by atoms with Gasteiger partial charge in [0.1, 0.15) is 5.69 Å². The van der Waals surface area contributed by atoms with Crippen molar-refractivity contribution in [3.05, 3.63) is 88.7 Å². The molecular weight excluding hydrogens is 322 g/mol. The van der Waals surface area contributed by atoms with Gasteiger partial charge in [-0.3, -0.25) is 0 Å². The molecule has 0 saturated carbocycles. The largest absolute Gasteiger partial charge is 0.248 e. The Morgan fingerprint density at radius 2 is 1.52 bits per heavy atom. The summed E-state index contributed by atoms with van der Waals surface area (Å²) in [4.78, 5) is 4.31. The minimum atomic E-state index is 0.777. The molecule has 0 amide bonds. The van der Waals surface area contributed by atoms with E-state index in [0.717, 1.165) is 21.3 Å². The second-order valence-electron chi connectivity index (χ2n) is 4.55. The monoisotopic (exact) mass is 333 g/mol. The van der Waals surface area contributed by atoms with Gasteiger partial charge in [0.15, 0.2) is 0 Å². The molecule has 3 aromatic rings. The molecule has 1 nitrogen and oxygen atoms in total. The zero-order valence-corrected chi connectivity index (χ0v) is 12.8. The predicted octanol–water partition coefficient (Wildman–Crippen LogP) is 4.91. The molecule has 0 aliphatic heterocycles. The summed E-state index contributed by atoms with van der Waals surface area (Å²) in [7, 11) is 0. The molecule has 1 aromatic heterocycles. The smallest absolute Gasteiger partial charge is 0.114 e. The maximum atomic E-state index is 4.31. The first kappa shape index (κ1) is 13.6. The van der Waals surface area contributed by atoms with Crippen molar-refractivity contribution >= 4 is 15.9 Å². The van der Waals surface area contributed by atoms with Gasteiger partial charge in [0, 0.05) is 16.2 Å². The lowest BCUT2D eigenvalue weighted by Gasteiger charge is -2.00. The Kier molecular flexibility index (Phi) is 4.14. The Bertz CT molecular complexity index is 796. The van der Waals surface area contributed by atoms with Crippen LogP contribution in [0.25, 0.3) is 11.1 Å². The summed E-state index contributed by atoms with van der Waals surface area (Å²) in [6, 6.07) is 22.2. The van der Waals surface area contributed by atoms with Gasteiger partial charge < -0.3 is 0 Å². The van der Waals surface area contributed by atoms with Crippen molar-refractivity contribution in [2.24, 2.45) is 0 Å². The van der Waals surface area contributed by atoms with E-state index in [1.54, 1.807) is 6.20 Å². The highest BCUT2D eigenvalue weighted by Gasteiger charge is 1.97. The molecule has 0 aliphatic carbocycles. The Morgan fingerprint density at radius 3 is 2.29 bits per heavy atom. The Balaban J connectivity index is 1.89. The average Bonchev–Trinajstić information content (AvgIpc) is 2.55. The van der Waals surface area contributed by atoms with Crippen LogP contribution < -0.4 is 0 Å². The summed E-state index contributed by atoms with van der Waals surface area (Å²) in [6.07, 6.45) is 1.80. The summed E-state index contributed by atoms with van der Waals surface area (Å²) in [5, 5.41) is 0. The van der Waals surface area contributed by atoms with Crippen LogP contribution in [0.15, 0.2) is 77.4 Å². The van der Waals surface area contributed by atoms with Crippen molar-refractivity contribution in [1.82, 2.24) is 4.98 Å². The van der Waals surface area contributed by atoms with Gasteiger partial charge in [0.05, 0.1) is 0 Å². The van der Waals surface area contributed by atoms with Crippen molar-refractivity contribution < 1.29 is 0 Å². The molecule has 100 valence electrons. The van der Waals surface area contributed by atoms with Crippen LogP contribution in [0.1, 0.15) is 11.3 Å². The summed E-state index contributed by atoms with van der Waals surface area (Å²) in [5.41, 5.74) is 4.06. The van der Waals surface area contributed by atoms with Crippen LogP contribution in [-0.4, -0.2) is 4.98 Å². The first-order chi connectivity index (χ1) is 10.3. The Hall–Kier alpha value is -2.37. The van der Waals surface area contributed by atoms with Gasteiger partial charge in [-0.05, 0) is 53.4 Å². The third kappa shape index (κ3) is 3.59. The summed E-state index contributed by atoms with van der Waals surface area (Å²) >= 11 is 3.42. The standard InChI is InChI=1S/C19H12BrN/c20-18-9-6-15(7-10-18)8-11-19-14-17(12-13-21-19)16-4-2-1-3-5-16/h1-7,9-10,12-14H. The van der Waals surface area contributed by atoms with Gasteiger partial charge in [-0.15, -0.1) is 0 Å². The maximum absolute atomic E-state index is 4.31. The molecule has 0 atom stereocenters. The topological polar surface area (TPSA) is 12.9 Å². The van der Waals surface area contributed by atoms with Crippen LogP contribution in [0.4, 0.5) is 0 Å². The molecule has 0 radical (unpaired) electrons. The number of hydrogen-bond acceptors (Lipinski definition) is 1. The molecule has 0 saturated heterocycles. The van der Waals surface area contributed by atoms with E-state index in [1.165, 1.54) is 5.56 Å². The van der Waals surface area contributed by atoms with E-state index < -0.39 is 0 Å². The van der Waals surface area contributed by atoms with E-state index in [2.05, 4.69) is 44.9 Å². The lowest BCUT2D eigenvalue weighted by Crippen LogP contribution is -1.84. The van der Waals surface area contributed by atoms with Crippen LogP contribution in [-0.2, 0) is 0 Å². The van der Waals surface area contributed by atoms with Crippen molar-refractivity contribution in [2.45, 2.75) is 0 Å². The first-order valence-corrected chi connectivity index (χ1v) is 7.40.